The summed E-state index contributed by atoms with van der Waals surface area (Å²) in [6.07, 6.45) is -1.46. The fraction of sp³-hybridized carbons (Fsp3) is 0.400. The largest absolute Gasteiger partial charge is 0.462 e. The Morgan fingerprint density at radius 1 is 1.10 bits per heavy atom. The number of nitrogens with one attached hydrogen (secondary N) is 1. The molecule has 0 radical (unpaired) electrons. The van der Waals surface area contributed by atoms with E-state index in [2.05, 4.69) is 15.3 Å². The molecule has 0 saturated carbocycles. The third kappa shape index (κ3) is 6.48. The number of fused-ring (bicyclic) bond motifs is 4. The molecule has 0 bridgehead atoms. The maximum atomic E-state index is 16.1. The number of carbonyl (C=O) groups excluding carboxylic acids is 2. The summed E-state index contributed by atoms with van der Waals surface area (Å²) in [6, 6.07) is 0.354. The van der Waals surface area contributed by atoms with Gasteiger partial charge in [0.25, 0.3) is 0 Å². The van der Waals surface area contributed by atoms with Gasteiger partial charge in [-0.1, -0.05) is 0 Å². The normalized spacial score (nSPS) is 15.8. The van der Waals surface area contributed by atoms with Crippen molar-refractivity contribution in [3.63, 3.8) is 0 Å². The number of alkyl halides is 3. The van der Waals surface area contributed by atoms with Crippen molar-refractivity contribution in [3.05, 3.63) is 69.4 Å². The number of halogens is 5. The topological polar surface area (TPSA) is 119 Å². The Kier molecular flexibility index (Phi) is 9.02. The second kappa shape index (κ2) is 12.9. The number of piperazine rings is 1. The van der Waals surface area contributed by atoms with Crippen molar-refractivity contribution < 1.29 is 41.0 Å². The van der Waals surface area contributed by atoms with Gasteiger partial charge < -0.3 is 24.3 Å². The minimum Gasteiger partial charge on any atom is -0.462 e. The summed E-state index contributed by atoms with van der Waals surface area (Å²) >= 11 is 0. The van der Waals surface area contributed by atoms with Crippen molar-refractivity contribution in [1.82, 2.24) is 19.9 Å². The quantitative estimate of drug-likeness (QED) is 0.180. The summed E-state index contributed by atoms with van der Waals surface area (Å²) < 4.78 is 85.8. The molecule has 4 aromatic rings. The molecule has 16 heteroatoms. The molecule has 11 nitrogen and oxygen atoms in total. The van der Waals surface area contributed by atoms with Crippen LogP contribution in [0.2, 0.25) is 0 Å². The van der Waals surface area contributed by atoms with Crippen LogP contribution in [0.5, 0.6) is 0 Å². The number of benzene rings is 1. The number of carbonyl (C=O) groups is 2. The first-order valence-electron chi connectivity index (χ1n) is 16.1. The van der Waals surface area contributed by atoms with Crippen LogP contribution >= 0.6 is 0 Å². The first-order valence-corrected chi connectivity index (χ1v) is 16.1. The van der Waals surface area contributed by atoms with Gasteiger partial charge >= 0.3 is 18.2 Å². The maximum Gasteiger partial charge on any atom is 0.414 e. The summed E-state index contributed by atoms with van der Waals surface area (Å²) in [5, 5.41) is 2.48. The fourth-order valence-electron chi connectivity index (χ4n) is 6.50. The molecule has 4 heterocycles. The van der Waals surface area contributed by atoms with E-state index in [0.717, 1.165) is 11.0 Å². The lowest BCUT2D eigenvalue weighted by Gasteiger charge is -2.38. The molecular weight excluding hydrogens is 679 g/mol. The van der Waals surface area contributed by atoms with Crippen LogP contribution in [-0.4, -0.2) is 77.7 Å². The van der Waals surface area contributed by atoms with Gasteiger partial charge in [-0.05, 0) is 39.3 Å². The Labute approximate surface area is 289 Å². The van der Waals surface area contributed by atoms with Gasteiger partial charge in [-0.15, -0.1) is 0 Å². The Hall–Kier alpha value is -5.12. The van der Waals surface area contributed by atoms with Gasteiger partial charge in [0.2, 0.25) is 5.43 Å². The standard InChI is InChI=1S/C35H35F5N6O5/c1-7-50-32(48)21-15-44(5)31-19(30(21)47)10-17(13-43-31)20-14-42-23-11-18-24(45(6)33(49)51-34(2,3)4)12-22(36)28(37)26(18)27(23)29(20)46-9-8-41-25(16-46)35(38,39)40/h10,12-15,25,41H,7-9,11,16H2,1-6H3/t25-/m1/s1. The van der Waals surface area contributed by atoms with E-state index in [1.807, 2.05) is 0 Å². The molecule has 1 aromatic carbocycles. The van der Waals surface area contributed by atoms with Crippen LogP contribution < -0.4 is 20.5 Å². The van der Waals surface area contributed by atoms with Gasteiger partial charge in [-0.3, -0.25) is 14.7 Å². The molecule has 1 amide bonds. The molecule has 1 N–H and O–H groups in total. The van der Waals surface area contributed by atoms with E-state index in [1.54, 1.807) is 34.7 Å². The minimum atomic E-state index is -4.63. The maximum absolute atomic E-state index is 16.1. The molecule has 1 aliphatic heterocycles. The highest BCUT2D eigenvalue weighted by Crippen LogP contribution is 2.51. The molecule has 1 atom stereocenters. The van der Waals surface area contributed by atoms with E-state index in [9.17, 15) is 27.6 Å². The average Bonchev–Trinajstić information content (AvgIpc) is 3.46. The first kappa shape index (κ1) is 35.7. The number of anilines is 2. The third-order valence-electron chi connectivity index (χ3n) is 8.76. The number of hydrogen-bond acceptors (Lipinski definition) is 9. The number of ether oxygens (including phenoxy) is 2. The summed E-state index contributed by atoms with van der Waals surface area (Å²) in [7, 11) is 2.93. The van der Waals surface area contributed by atoms with E-state index < -0.39 is 53.5 Å². The van der Waals surface area contributed by atoms with Gasteiger partial charge in [0, 0.05) is 87.1 Å². The van der Waals surface area contributed by atoms with E-state index >= 15 is 8.78 Å². The number of amides is 1. The van der Waals surface area contributed by atoms with Crippen molar-refractivity contribution in [1.29, 1.82) is 0 Å². The second-order valence-electron chi connectivity index (χ2n) is 13.4. The SMILES string of the molecule is CCOC(=O)c1cn(C)c2ncc(-c3cnc4c(c3N3CCN[C@@H](C(F)(F)F)C3)-c3c(F)c(F)cc(N(C)C(=O)OC(C)(C)C)c3C4)cc2c1=O. The zero-order valence-corrected chi connectivity index (χ0v) is 28.7. The predicted octanol–water partition coefficient (Wildman–Crippen LogP) is 5.73. The average molecular weight is 715 g/mol. The number of hydrogen-bond donors (Lipinski definition) is 1. The smallest absolute Gasteiger partial charge is 0.414 e. The molecule has 0 unspecified atom stereocenters. The molecule has 1 saturated heterocycles. The van der Waals surface area contributed by atoms with Crippen molar-refractivity contribution in [2.45, 2.75) is 51.9 Å². The van der Waals surface area contributed by atoms with Gasteiger partial charge in [0.05, 0.1) is 29.1 Å². The van der Waals surface area contributed by atoms with Gasteiger partial charge in [-0.25, -0.2) is 23.4 Å². The van der Waals surface area contributed by atoms with Gasteiger partial charge in [-0.2, -0.15) is 13.2 Å². The van der Waals surface area contributed by atoms with Crippen LogP contribution in [0.3, 0.4) is 0 Å². The Morgan fingerprint density at radius 3 is 2.49 bits per heavy atom. The van der Waals surface area contributed by atoms with Crippen LogP contribution in [0, 0.1) is 11.6 Å². The van der Waals surface area contributed by atoms with Crippen LogP contribution in [0.15, 0.2) is 35.5 Å². The van der Waals surface area contributed by atoms with Crippen LogP contribution in [0.4, 0.5) is 38.1 Å². The zero-order chi connectivity index (χ0) is 37.2. The first-order chi connectivity index (χ1) is 23.9. The van der Waals surface area contributed by atoms with Crippen LogP contribution in [0.1, 0.15) is 49.3 Å². The lowest BCUT2D eigenvalue weighted by molar-refractivity contribution is -0.155. The molecule has 6 rings (SSSR count). The molecule has 1 aliphatic carbocycles. The molecule has 0 spiro atoms. The summed E-state index contributed by atoms with van der Waals surface area (Å²) in [6.45, 7) is 5.94. The molecule has 1 fully saturated rings. The van der Waals surface area contributed by atoms with E-state index in [1.165, 1.54) is 41.2 Å². The van der Waals surface area contributed by atoms with Gasteiger partial charge in [0.15, 0.2) is 11.6 Å². The van der Waals surface area contributed by atoms with Crippen molar-refractivity contribution in [2.75, 3.05) is 43.1 Å². The Balaban J connectivity index is 1.61. The lowest BCUT2D eigenvalue weighted by atomic mass is 9.96. The number of esters is 1. The molecular formula is C35H35F5N6O5. The van der Waals surface area contributed by atoms with Crippen molar-refractivity contribution in [3.8, 4) is 22.3 Å². The van der Waals surface area contributed by atoms with E-state index in [-0.39, 0.29) is 87.6 Å². The van der Waals surface area contributed by atoms with Crippen LogP contribution in [0.25, 0.3) is 33.3 Å². The van der Waals surface area contributed by atoms with Crippen molar-refractivity contribution in [2.24, 2.45) is 7.05 Å². The molecule has 2 aliphatic rings. The number of pyridine rings is 3. The van der Waals surface area contributed by atoms with Crippen LogP contribution in [-0.2, 0) is 22.9 Å². The predicted molar refractivity (Wildman–Crippen MR) is 179 cm³/mol. The highest BCUT2D eigenvalue weighted by molar-refractivity contribution is 6.00. The minimum absolute atomic E-state index is 0.000470. The van der Waals surface area contributed by atoms with Gasteiger partial charge in [0.1, 0.15) is 22.9 Å². The second-order valence-corrected chi connectivity index (χ2v) is 13.4. The monoisotopic (exact) mass is 714 g/mol. The summed E-state index contributed by atoms with van der Waals surface area (Å²) in [4.78, 5) is 50.7. The number of aryl methyl sites for hydroxylation is 1. The summed E-state index contributed by atoms with van der Waals surface area (Å²) in [5.74, 6) is -3.40. The number of aromatic nitrogens is 3. The molecule has 51 heavy (non-hydrogen) atoms. The summed E-state index contributed by atoms with van der Waals surface area (Å²) in [5.41, 5.74) is -0.866. The van der Waals surface area contributed by atoms with E-state index in [4.69, 9.17) is 9.47 Å². The van der Waals surface area contributed by atoms with Crippen molar-refractivity contribution >= 4 is 34.5 Å². The Bertz CT molecular complexity index is 2150. The van der Waals surface area contributed by atoms with E-state index in [0.29, 0.717) is 0 Å². The number of rotatable bonds is 5. The highest BCUT2D eigenvalue weighted by atomic mass is 19.4. The Morgan fingerprint density at radius 2 is 1.82 bits per heavy atom. The highest BCUT2D eigenvalue weighted by Gasteiger charge is 2.44. The third-order valence-corrected chi connectivity index (χ3v) is 8.76. The lowest BCUT2D eigenvalue weighted by Crippen LogP contribution is -2.57. The molecule has 270 valence electrons. The molecule has 3 aromatic heterocycles. The zero-order valence-electron chi connectivity index (χ0n) is 28.7. The number of nitrogens with zero attached hydrogens (tertiary/aromatic N) is 5. The fourth-order valence-corrected chi connectivity index (χ4v) is 6.50.